The smallest absolute Gasteiger partial charge is 0.326 e. The van der Waals surface area contributed by atoms with Crippen LogP contribution in [0.4, 0.5) is 0 Å². The van der Waals surface area contributed by atoms with Crippen LogP contribution in [0.5, 0.6) is 0 Å². The molecule has 2 N–H and O–H groups in total. The number of likely N-dealkylation sites (tertiary alicyclic amines) is 1. The predicted molar refractivity (Wildman–Crippen MR) is 52.2 cm³/mol. The Morgan fingerprint density at radius 1 is 1.57 bits per heavy atom. The van der Waals surface area contributed by atoms with Gasteiger partial charge in [-0.3, -0.25) is 4.79 Å². The first-order chi connectivity index (χ1) is 6.43. The fourth-order valence-electron chi connectivity index (χ4n) is 1.53. The fraction of sp³-hybridized carbons (Fsp3) is 0.750. The SMILES string of the molecule is CC(S)C(=O)N1CC(O)C[C@H]1C(=O)O. The second-order valence-corrected chi connectivity index (χ2v) is 4.18. The Kier molecular flexibility index (Phi) is 3.38. The minimum absolute atomic E-state index is 0.0840. The predicted octanol–water partition coefficient (Wildman–Crippen LogP) is -0.649. The van der Waals surface area contributed by atoms with Crippen molar-refractivity contribution in [3.63, 3.8) is 0 Å². The van der Waals surface area contributed by atoms with E-state index < -0.39 is 23.4 Å². The van der Waals surface area contributed by atoms with E-state index in [2.05, 4.69) is 12.6 Å². The molecule has 0 saturated carbocycles. The molecule has 3 atom stereocenters. The molecule has 1 aliphatic rings. The van der Waals surface area contributed by atoms with Gasteiger partial charge in [-0.1, -0.05) is 0 Å². The number of aliphatic hydroxyl groups is 1. The first kappa shape index (κ1) is 11.3. The number of β-amino-alcohol motifs (C(OH)–C–C–N with tert-alkyl or cyclic N) is 1. The first-order valence-corrected chi connectivity index (χ1v) is 4.84. The maximum atomic E-state index is 11.5. The molecule has 6 heteroatoms. The second-order valence-electron chi connectivity index (χ2n) is 3.41. The number of aliphatic carboxylic acids is 1. The molecule has 0 bridgehead atoms. The standard InChI is InChI=1S/C8H13NO4S/c1-4(14)7(11)9-3-5(10)2-6(9)8(12)13/h4-6,10,14H,2-3H2,1H3,(H,12,13)/t4?,5?,6-/m0/s1. The Bertz CT molecular complexity index is 256. The minimum Gasteiger partial charge on any atom is -0.480 e. The van der Waals surface area contributed by atoms with Crippen molar-refractivity contribution in [1.82, 2.24) is 4.90 Å². The Balaban J connectivity index is 2.76. The summed E-state index contributed by atoms with van der Waals surface area (Å²) in [6, 6.07) is -0.910. The molecule has 0 radical (unpaired) electrons. The van der Waals surface area contributed by atoms with E-state index in [9.17, 15) is 14.7 Å². The van der Waals surface area contributed by atoms with Crippen LogP contribution in [0.1, 0.15) is 13.3 Å². The molecule has 0 aromatic heterocycles. The number of hydrogen-bond donors (Lipinski definition) is 3. The normalized spacial score (nSPS) is 28.9. The zero-order chi connectivity index (χ0) is 10.9. The summed E-state index contributed by atoms with van der Waals surface area (Å²) < 4.78 is 0. The topological polar surface area (TPSA) is 77.8 Å². The second kappa shape index (κ2) is 4.18. The average Bonchev–Trinajstić information content (AvgIpc) is 2.45. The minimum atomic E-state index is -1.08. The zero-order valence-corrected chi connectivity index (χ0v) is 8.65. The lowest BCUT2D eigenvalue weighted by molar-refractivity contribution is -0.147. The number of carboxylic acid groups (broad SMARTS) is 1. The monoisotopic (exact) mass is 219 g/mol. The van der Waals surface area contributed by atoms with Crippen LogP contribution in [0.3, 0.4) is 0 Å². The zero-order valence-electron chi connectivity index (χ0n) is 7.75. The Morgan fingerprint density at radius 2 is 2.14 bits per heavy atom. The van der Waals surface area contributed by atoms with Crippen LogP contribution in [0.25, 0.3) is 0 Å². The molecule has 1 fully saturated rings. The first-order valence-electron chi connectivity index (χ1n) is 4.33. The fourth-order valence-corrected chi connectivity index (χ4v) is 1.68. The van der Waals surface area contributed by atoms with Crippen molar-refractivity contribution < 1.29 is 19.8 Å². The van der Waals surface area contributed by atoms with Crippen molar-refractivity contribution in [2.75, 3.05) is 6.54 Å². The third kappa shape index (κ3) is 2.19. The maximum absolute atomic E-state index is 11.5. The molecule has 14 heavy (non-hydrogen) atoms. The van der Waals surface area contributed by atoms with Crippen molar-refractivity contribution in [1.29, 1.82) is 0 Å². The summed E-state index contributed by atoms with van der Waals surface area (Å²) in [4.78, 5) is 23.4. The third-order valence-corrected chi connectivity index (χ3v) is 2.43. The molecule has 0 aromatic rings. The molecule has 1 rings (SSSR count). The summed E-state index contributed by atoms with van der Waals surface area (Å²) in [5, 5.41) is 17.5. The Morgan fingerprint density at radius 3 is 2.57 bits per heavy atom. The van der Waals surface area contributed by atoms with Gasteiger partial charge in [0.05, 0.1) is 11.4 Å². The van der Waals surface area contributed by atoms with Gasteiger partial charge in [0.25, 0.3) is 0 Å². The highest BCUT2D eigenvalue weighted by Crippen LogP contribution is 2.20. The summed E-state index contributed by atoms with van der Waals surface area (Å²) in [6.07, 6.45) is -0.645. The van der Waals surface area contributed by atoms with Crippen molar-refractivity contribution in [3.05, 3.63) is 0 Å². The van der Waals surface area contributed by atoms with Gasteiger partial charge in [-0.2, -0.15) is 12.6 Å². The number of hydrogen-bond acceptors (Lipinski definition) is 4. The van der Waals surface area contributed by atoms with Crippen molar-refractivity contribution >= 4 is 24.5 Å². The molecule has 0 aromatic carbocycles. The molecular weight excluding hydrogens is 206 g/mol. The summed E-state index contributed by atoms with van der Waals surface area (Å²) in [5.41, 5.74) is 0. The molecule has 2 unspecified atom stereocenters. The maximum Gasteiger partial charge on any atom is 0.326 e. The van der Waals surface area contributed by atoms with Gasteiger partial charge in [-0.15, -0.1) is 0 Å². The van der Waals surface area contributed by atoms with E-state index in [1.807, 2.05) is 0 Å². The van der Waals surface area contributed by atoms with E-state index in [0.717, 1.165) is 0 Å². The summed E-state index contributed by atoms with van der Waals surface area (Å²) in [5.74, 6) is -1.43. The van der Waals surface area contributed by atoms with Crippen molar-refractivity contribution in [3.8, 4) is 0 Å². The summed E-state index contributed by atoms with van der Waals surface area (Å²) >= 11 is 3.94. The van der Waals surface area contributed by atoms with Gasteiger partial charge in [0.15, 0.2) is 0 Å². The number of aliphatic hydroxyl groups excluding tert-OH is 1. The molecule has 0 spiro atoms. The van der Waals surface area contributed by atoms with Crippen LogP contribution in [0.15, 0.2) is 0 Å². The molecule has 1 aliphatic heterocycles. The summed E-state index contributed by atoms with van der Waals surface area (Å²) in [7, 11) is 0. The van der Waals surface area contributed by atoms with Gasteiger partial charge in [0, 0.05) is 13.0 Å². The number of nitrogens with zero attached hydrogens (tertiary/aromatic N) is 1. The number of rotatable bonds is 2. The van der Waals surface area contributed by atoms with Crippen LogP contribution in [0.2, 0.25) is 0 Å². The number of amides is 1. The quantitative estimate of drug-likeness (QED) is 0.539. The molecule has 1 saturated heterocycles. The molecule has 1 amide bonds. The van der Waals surface area contributed by atoms with Crippen molar-refractivity contribution in [2.24, 2.45) is 0 Å². The molecular formula is C8H13NO4S. The molecule has 80 valence electrons. The lowest BCUT2D eigenvalue weighted by Gasteiger charge is -2.22. The van der Waals surface area contributed by atoms with Crippen LogP contribution >= 0.6 is 12.6 Å². The van der Waals surface area contributed by atoms with E-state index in [1.54, 1.807) is 6.92 Å². The highest BCUT2D eigenvalue weighted by atomic mass is 32.1. The Hall–Kier alpha value is -0.750. The number of thiol groups is 1. The lowest BCUT2D eigenvalue weighted by Crippen LogP contribution is -2.43. The van der Waals surface area contributed by atoms with Crippen LogP contribution in [-0.4, -0.2) is 50.9 Å². The van der Waals surface area contributed by atoms with Crippen LogP contribution in [0, 0.1) is 0 Å². The van der Waals surface area contributed by atoms with Gasteiger partial charge < -0.3 is 15.1 Å². The van der Waals surface area contributed by atoms with Crippen LogP contribution < -0.4 is 0 Å². The van der Waals surface area contributed by atoms with E-state index in [1.165, 1.54) is 4.90 Å². The van der Waals surface area contributed by atoms with Gasteiger partial charge in [-0.05, 0) is 6.92 Å². The Labute approximate surface area is 87.1 Å². The number of carbonyl (C=O) groups excluding carboxylic acids is 1. The van der Waals surface area contributed by atoms with Crippen molar-refractivity contribution in [2.45, 2.75) is 30.7 Å². The summed E-state index contributed by atoms with van der Waals surface area (Å²) in [6.45, 7) is 1.66. The van der Waals surface area contributed by atoms with Gasteiger partial charge >= 0.3 is 5.97 Å². The number of carbonyl (C=O) groups is 2. The van der Waals surface area contributed by atoms with Crippen LogP contribution in [-0.2, 0) is 9.59 Å². The largest absolute Gasteiger partial charge is 0.480 e. The van der Waals surface area contributed by atoms with E-state index in [4.69, 9.17) is 5.11 Å². The highest BCUT2D eigenvalue weighted by molar-refractivity contribution is 7.81. The lowest BCUT2D eigenvalue weighted by atomic mass is 10.2. The van der Waals surface area contributed by atoms with E-state index in [0.29, 0.717) is 0 Å². The van der Waals surface area contributed by atoms with E-state index in [-0.39, 0.29) is 18.9 Å². The van der Waals surface area contributed by atoms with Gasteiger partial charge in [-0.25, -0.2) is 4.79 Å². The van der Waals surface area contributed by atoms with Gasteiger partial charge in [0.1, 0.15) is 6.04 Å². The molecule has 5 nitrogen and oxygen atoms in total. The number of carboxylic acids is 1. The van der Waals surface area contributed by atoms with Gasteiger partial charge in [0.2, 0.25) is 5.91 Å². The average molecular weight is 219 g/mol. The third-order valence-electron chi connectivity index (χ3n) is 2.20. The molecule has 0 aliphatic carbocycles. The molecule has 1 heterocycles. The van der Waals surface area contributed by atoms with E-state index >= 15 is 0 Å². The highest BCUT2D eigenvalue weighted by Gasteiger charge is 2.39.